The van der Waals surface area contributed by atoms with Gasteiger partial charge in [0, 0.05) is 5.56 Å². The summed E-state index contributed by atoms with van der Waals surface area (Å²) < 4.78 is 11.1. The summed E-state index contributed by atoms with van der Waals surface area (Å²) in [4.78, 5) is 23.5. The maximum absolute atomic E-state index is 12.0. The van der Waals surface area contributed by atoms with Crippen LogP contribution in [0.2, 0.25) is 0 Å². The van der Waals surface area contributed by atoms with Gasteiger partial charge in [-0.2, -0.15) is 4.58 Å². The van der Waals surface area contributed by atoms with Crippen LogP contribution in [-0.2, 0) is 32.2 Å². The predicted molar refractivity (Wildman–Crippen MR) is 73.8 cm³/mol. The van der Waals surface area contributed by atoms with Crippen molar-refractivity contribution in [2.75, 3.05) is 6.61 Å². The molecule has 6 heteroatoms. The molecule has 0 saturated carbocycles. The smallest absolute Gasteiger partial charge is 0.419 e. The minimum absolute atomic E-state index is 0.0234. The molecule has 1 aliphatic heterocycles. The SMILES string of the molecule is C=[N+](Cc1ccc(CO)cc1)C(=O)C1OC1C(=O)OCC. The van der Waals surface area contributed by atoms with E-state index in [-0.39, 0.29) is 19.1 Å². The second kappa shape index (κ2) is 6.60. The highest BCUT2D eigenvalue weighted by Crippen LogP contribution is 2.25. The summed E-state index contributed by atoms with van der Waals surface area (Å²) in [7, 11) is 0. The third kappa shape index (κ3) is 3.74. The number of amides is 1. The Morgan fingerprint density at radius 3 is 2.48 bits per heavy atom. The van der Waals surface area contributed by atoms with Crippen LogP contribution in [0.3, 0.4) is 0 Å². The van der Waals surface area contributed by atoms with E-state index in [2.05, 4.69) is 6.72 Å². The maximum atomic E-state index is 12.0. The molecule has 2 atom stereocenters. The summed E-state index contributed by atoms with van der Waals surface area (Å²) in [5.41, 5.74) is 1.68. The lowest BCUT2D eigenvalue weighted by Gasteiger charge is -2.01. The Morgan fingerprint density at radius 2 is 1.90 bits per heavy atom. The zero-order valence-electron chi connectivity index (χ0n) is 11.8. The van der Waals surface area contributed by atoms with Gasteiger partial charge in [-0.1, -0.05) is 24.3 Å². The van der Waals surface area contributed by atoms with Crippen LogP contribution in [0.25, 0.3) is 0 Å². The van der Waals surface area contributed by atoms with Crippen LogP contribution in [0.15, 0.2) is 24.3 Å². The molecule has 1 aromatic rings. The van der Waals surface area contributed by atoms with Gasteiger partial charge in [-0.25, -0.2) is 9.59 Å². The summed E-state index contributed by atoms with van der Waals surface area (Å²) >= 11 is 0. The lowest BCUT2D eigenvalue weighted by atomic mass is 10.1. The maximum Gasteiger partial charge on any atom is 0.419 e. The van der Waals surface area contributed by atoms with Crippen LogP contribution in [-0.4, -0.2) is 47.1 Å². The van der Waals surface area contributed by atoms with E-state index in [1.54, 1.807) is 19.1 Å². The zero-order chi connectivity index (χ0) is 15.4. The second-order valence-electron chi connectivity index (χ2n) is 4.74. The van der Waals surface area contributed by atoms with Gasteiger partial charge in [-0.3, -0.25) is 0 Å². The number of rotatable bonds is 6. The third-order valence-corrected chi connectivity index (χ3v) is 3.14. The summed E-state index contributed by atoms with van der Waals surface area (Å²) in [5, 5.41) is 8.97. The summed E-state index contributed by atoms with van der Waals surface area (Å²) in [6.07, 6.45) is -1.60. The molecule has 112 valence electrons. The summed E-state index contributed by atoms with van der Waals surface area (Å²) in [6, 6.07) is 7.19. The van der Waals surface area contributed by atoms with E-state index in [1.165, 1.54) is 4.58 Å². The normalized spacial score (nSPS) is 19.9. The molecule has 1 N–H and O–H groups in total. The Morgan fingerprint density at radius 1 is 1.29 bits per heavy atom. The number of ether oxygens (including phenoxy) is 2. The Balaban J connectivity index is 1.89. The zero-order valence-corrected chi connectivity index (χ0v) is 11.8. The molecule has 0 radical (unpaired) electrons. The van der Waals surface area contributed by atoms with Gasteiger partial charge in [0.1, 0.15) is 6.72 Å². The van der Waals surface area contributed by atoms with Crippen LogP contribution in [0.1, 0.15) is 18.1 Å². The van der Waals surface area contributed by atoms with Crippen LogP contribution >= 0.6 is 0 Å². The molecule has 6 nitrogen and oxygen atoms in total. The molecule has 0 aliphatic carbocycles. The van der Waals surface area contributed by atoms with Gasteiger partial charge in [0.25, 0.3) is 0 Å². The molecular formula is C15H18NO5+. The van der Waals surface area contributed by atoms with Crippen molar-refractivity contribution in [3.63, 3.8) is 0 Å². The first kappa shape index (κ1) is 15.3. The van der Waals surface area contributed by atoms with Gasteiger partial charge in [-0.05, 0) is 12.5 Å². The summed E-state index contributed by atoms with van der Waals surface area (Å²) in [5.74, 6) is -0.865. The lowest BCUT2D eigenvalue weighted by molar-refractivity contribution is -0.457. The molecule has 1 aromatic carbocycles. The van der Waals surface area contributed by atoms with Crippen molar-refractivity contribution in [2.24, 2.45) is 0 Å². The Kier molecular flexibility index (Phi) is 4.82. The molecule has 2 rings (SSSR count). The number of benzene rings is 1. The van der Waals surface area contributed by atoms with E-state index in [0.717, 1.165) is 11.1 Å². The predicted octanol–water partition coefficient (Wildman–Crippen LogP) is 0.249. The fourth-order valence-corrected chi connectivity index (χ4v) is 1.93. The molecule has 1 heterocycles. The van der Waals surface area contributed by atoms with Crippen molar-refractivity contribution in [3.05, 3.63) is 35.4 Å². The Labute approximate surface area is 122 Å². The first-order chi connectivity index (χ1) is 10.1. The van der Waals surface area contributed by atoms with Crippen molar-refractivity contribution in [2.45, 2.75) is 32.3 Å². The average molecular weight is 292 g/mol. The quantitative estimate of drug-likeness (QED) is 0.352. The molecular weight excluding hydrogens is 274 g/mol. The minimum Gasteiger partial charge on any atom is -0.464 e. The van der Waals surface area contributed by atoms with Crippen LogP contribution in [0.4, 0.5) is 0 Å². The van der Waals surface area contributed by atoms with Gasteiger partial charge in [0.2, 0.25) is 6.10 Å². The third-order valence-electron chi connectivity index (χ3n) is 3.14. The molecule has 0 aromatic heterocycles. The van der Waals surface area contributed by atoms with Crippen molar-refractivity contribution in [3.8, 4) is 0 Å². The molecule has 1 fully saturated rings. The van der Waals surface area contributed by atoms with Crippen molar-refractivity contribution >= 4 is 18.6 Å². The first-order valence-electron chi connectivity index (χ1n) is 6.69. The van der Waals surface area contributed by atoms with Crippen molar-refractivity contribution in [1.82, 2.24) is 0 Å². The highest BCUT2D eigenvalue weighted by Gasteiger charge is 2.56. The lowest BCUT2D eigenvalue weighted by Crippen LogP contribution is -2.27. The second-order valence-corrected chi connectivity index (χ2v) is 4.74. The number of aliphatic hydroxyl groups is 1. The van der Waals surface area contributed by atoms with Gasteiger partial charge < -0.3 is 14.6 Å². The molecule has 21 heavy (non-hydrogen) atoms. The number of hydrogen-bond acceptors (Lipinski definition) is 5. The number of carbonyl (C=O) groups is 2. The number of aliphatic hydroxyl groups excluding tert-OH is 1. The topological polar surface area (TPSA) is 79.1 Å². The molecule has 0 bridgehead atoms. The van der Waals surface area contributed by atoms with Gasteiger partial charge in [0.15, 0.2) is 12.6 Å². The van der Waals surface area contributed by atoms with Gasteiger partial charge in [-0.15, -0.1) is 0 Å². The highest BCUT2D eigenvalue weighted by molar-refractivity contribution is 5.89. The van der Waals surface area contributed by atoms with Crippen molar-refractivity contribution < 1.29 is 28.7 Å². The van der Waals surface area contributed by atoms with E-state index < -0.39 is 18.2 Å². The Hall–Kier alpha value is -2.05. The van der Waals surface area contributed by atoms with Gasteiger partial charge in [0.05, 0.1) is 13.2 Å². The average Bonchev–Trinajstić information content (AvgIpc) is 3.28. The number of carbonyl (C=O) groups excluding carboxylic acids is 2. The molecule has 1 saturated heterocycles. The van der Waals surface area contributed by atoms with Crippen LogP contribution in [0, 0.1) is 0 Å². The van der Waals surface area contributed by atoms with E-state index in [0.29, 0.717) is 6.54 Å². The van der Waals surface area contributed by atoms with Crippen LogP contribution < -0.4 is 0 Å². The molecule has 2 unspecified atom stereocenters. The highest BCUT2D eigenvalue weighted by atomic mass is 16.6. The number of hydrogen-bond donors (Lipinski definition) is 1. The standard InChI is InChI=1S/C15H18NO5/c1-3-20-15(19)13-12(21-13)14(18)16(2)8-10-4-6-11(9-17)7-5-10/h4-7,12-13,17H,2-3,8-9H2,1H3/q+1. The molecule has 1 amide bonds. The van der Waals surface area contributed by atoms with E-state index in [1.807, 2.05) is 12.1 Å². The van der Waals surface area contributed by atoms with Crippen molar-refractivity contribution in [1.29, 1.82) is 0 Å². The first-order valence-corrected chi connectivity index (χ1v) is 6.69. The number of epoxide rings is 1. The van der Waals surface area contributed by atoms with Gasteiger partial charge >= 0.3 is 11.9 Å². The fraction of sp³-hybridized carbons (Fsp3) is 0.400. The molecule has 0 spiro atoms. The Bertz CT molecular complexity index is 552. The van der Waals surface area contributed by atoms with Crippen LogP contribution in [0.5, 0.6) is 0 Å². The molecule has 1 aliphatic rings. The number of esters is 1. The fourth-order valence-electron chi connectivity index (χ4n) is 1.93. The van der Waals surface area contributed by atoms with E-state index >= 15 is 0 Å². The largest absolute Gasteiger partial charge is 0.464 e. The van der Waals surface area contributed by atoms with E-state index in [4.69, 9.17) is 14.6 Å². The van der Waals surface area contributed by atoms with E-state index in [9.17, 15) is 9.59 Å². The minimum atomic E-state index is -0.807. The number of nitrogens with zero attached hydrogens (tertiary/aromatic N) is 1. The summed E-state index contributed by atoms with van der Waals surface area (Å²) in [6.45, 7) is 5.91. The monoisotopic (exact) mass is 292 g/mol.